The first-order valence-electron chi connectivity index (χ1n) is 11.3. The van der Waals surface area contributed by atoms with Crippen molar-refractivity contribution in [3.05, 3.63) is 95.9 Å². The first-order chi connectivity index (χ1) is 17.3. The summed E-state index contributed by atoms with van der Waals surface area (Å²) in [7, 11) is 1.58. The normalized spacial score (nSPS) is 12.3. The van der Waals surface area contributed by atoms with Crippen molar-refractivity contribution in [1.29, 1.82) is 0 Å². The van der Waals surface area contributed by atoms with Crippen LogP contribution in [-0.2, 0) is 6.61 Å². The van der Waals surface area contributed by atoms with Gasteiger partial charge in [0.1, 0.15) is 12.4 Å². The van der Waals surface area contributed by atoms with E-state index in [9.17, 15) is 4.79 Å². The highest BCUT2D eigenvalue weighted by Crippen LogP contribution is 2.37. The summed E-state index contributed by atoms with van der Waals surface area (Å²) < 4.78 is 14.5. The minimum atomic E-state index is -0.221. The number of methoxy groups -OCH3 is 1. The van der Waals surface area contributed by atoms with Crippen LogP contribution >= 0.6 is 43.5 Å². The molecular weight excluding hydrogens is 610 g/mol. The molecule has 0 aliphatic rings. The van der Waals surface area contributed by atoms with Crippen molar-refractivity contribution in [1.82, 2.24) is 9.66 Å². The molecule has 4 aromatic rings. The number of halogens is 3. The van der Waals surface area contributed by atoms with Gasteiger partial charge in [0.15, 0.2) is 11.5 Å². The zero-order valence-corrected chi connectivity index (χ0v) is 23.9. The van der Waals surface area contributed by atoms with E-state index < -0.39 is 0 Å². The highest BCUT2D eigenvalue weighted by Gasteiger charge is 2.16. The fourth-order valence-corrected chi connectivity index (χ4v) is 4.66. The van der Waals surface area contributed by atoms with Crippen LogP contribution in [-0.4, -0.2) is 23.0 Å². The molecule has 0 amide bonds. The van der Waals surface area contributed by atoms with Crippen molar-refractivity contribution < 1.29 is 9.47 Å². The Kier molecular flexibility index (Phi) is 8.49. The maximum Gasteiger partial charge on any atom is 0.282 e. The topological polar surface area (TPSA) is 65.7 Å². The predicted octanol–water partition coefficient (Wildman–Crippen LogP) is 7.56. The van der Waals surface area contributed by atoms with E-state index in [-0.39, 0.29) is 11.5 Å². The zero-order chi connectivity index (χ0) is 25.8. The Morgan fingerprint density at radius 3 is 2.58 bits per heavy atom. The molecule has 0 bridgehead atoms. The molecule has 0 spiro atoms. The maximum absolute atomic E-state index is 13.4. The summed E-state index contributed by atoms with van der Waals surface area (Å²) in [6, 6.07) is 16.6. The van der Waals surface area contributed by atoms with E-state index in [1.807, 2.05) is 55.5 Å². The second kappa shape index (κ2) is 11.6. The fraction of sp³-hybridized carbons (Fsp3) is 0.222. The van der Waals surface area contributed by atoms with Crippen molar-refractivity contribution >= 4 is 60.6 Å². The molecule has 6 nitrogen and oxygen atoms in total. The van der Waals surface area contributed by atoms with Crippen LogP contribution in [0.25, 0.3) is 10.9 Å². The van der Waals surface area contributed by atoms with Crippen molar-refractivity contribution in [2.45, 2.75) is 32.8 Å². The van der Waals surface area contributed by atoms with E-state index in [1.165, 1.54) is 4.68 Å². The van der Waals surface area contributed by atoms with Gasteiger partial charge in [0.05, 0.1) is 28.7 Å². The Bertz CT molecular complexity index is 1490. The SMILES string of the molecule is CC[C@@H](C)c1nc2ccc(Br)cc2c(=O)n1N=Cc1cc(Br)c(OCc2ccc(Cl)cc2)c(OC)c1. The molecule has 0 radical (unpaired) electrons. The fourth-order valence-electron chi connectivity index (χ4n) is 3.59. The van der Waals surface area contributed by atoms with Gasteiger partial charge in [0.2, 0.25) is 0 Å². The summed E-state index contributed by atoms with van der Waals surface area (Å²) in [5.74, 6) is 1.77. The number of benzene rings is 3. The molecule has 0 unspecified atom stereocenters. The quantitative estimate of drug-likeness (QED) is 0.188. The van der Waals surface area contributed by atoms with E-state index in [4.69, 9.17) is 26.1 Å². The summed E-state index contributed by atoms with van der Waals surface area (Å²) in [5, 5.41) is 5.72. The molecular formula is C27H24Br2ClN3O3. The Morgan fingerprint density at radius 1 is 1.14 bits per heavy atom. The summed E-state index contributed by atoms with van der Waals surface area (Å²) in [5.41, 5.74) is 2.14. The molecule has 0 N–H and O–H groups in total. The number of fused-ring (bicyclic) bond motifs is 1. The number of hydrogen-bond acceptors (Lipinski definition) is 5. The molecule has 0 aliphatic heterocycles. The van der Waals surface area contributed by atoms with Crippen molar-refractivity contribution in [2.24, 2.45) is 5.10 Å². The lowest BCUT2D eigenvalue weighted by molar-refractivity contribution is 0.282. The third-order valence-corrected chi connectivity index (χ3v) is 7.09. The average Bonchev–Trinajstić information content (AvgIpc) is 2.87. The van der Waals surface area contributed by atoms with Gasteiger partial charge in [0, 0.05) is 15.4 Å². The van der Waals surface area contributed by atoms with Crippen LogP contribution in [0.2, 0.25) is 5.02 Å². The summed E-state index contributed by atoms with van der Waals surface area (Å²) >= 11 is 13.0. The van der Waals surface area contributed by atoms with Gasteiger partial charge < -0.3 is 9.47 Å². The minimum Gasteiger partial charge on any atom is -0.493 e. The van der Waals surface area contributed by atoms with Gasteiger partial charge in [-0.05, 0) is 75.9 Å². The lowest BCUT2D eigenvalue weighted by Gasteiger charge is -2.15. The van der Waals surface area contributed by atoms with E-state index in [1.54, 1.807) is 19.4 Å². The number of nitrogens with zero attached hydrogens (tertiary/aromatic N) is 3. The van der Waals surface area contributed by atoms with Crippen molar-refractivity contribution in [2.75, 3.05) is 7.11 Å². The van der Waals surface area contributed by atoms with Gasteiger partial charge >= 0.3 is 0 Å². The molecule has 0 saturated heterocycles. The Morgan fingerprint density at radius 2 is 1.89 bits per heavy atom. The van der Waals surface area contributed by atoms with Crippen LogP contribution in [0.1, 0.15) is 43.1 Å². The first-order valence-corrected chi connectivity index (χ1v) is 13.3. The molecule has 9 heteroatoms. The van der Waals surface area contributed by atoms with Crippen LogP contribution in [0.3, 0.4) is 0 Å². The smallest absolute Gasteiger partial charge is 0.282 e. The second-order valence-corrected chi connectivity index (χ2v) is 10.5. The number of ether oxygens (including phenoxy) is 2. The highest BCUT2D eigenvalue weighted by atomic mass is 79.9. The molecule has 0 fully saturated rings. The van der Waals surface area contributed by atoms with Crippen LogP contribution in [0, 0.1) is 0 Å². The monoisotopic (exact) mass is 631 g/mol. The molecule has 0 aliphatic carbocycles. The Labute approximate surface area is 231 Å². The van der Waals surface area contributed by atoms with Crippen molar-refractivity contribution in [3.8, 4) is 11.5 Å². The lowest BCUT2D eigenvalue weighted by atomic mass is 10.1. The standard InChI is InChI=1S/C27H24Br2ClN3O3/c1-4-16(2)26-32-23-10-7-19(28)13-21(23)27(34)33(26)31-14-18-11-22(29)25(24(12-18)35-3)36-15-17-5-8-20(30)9-6-17/h5-14,16H,4,15H2,1-3H3/t16-/m1/s1. The molecule has 4 rings (SSSR count). The molecule has 1 atom stereocenters. The Balaban J connectivity index is 1.69. The van der Waals surface area contributed by atoms with Gasteiger partial charge in [-0.1, -0.05) is 53.5 Å². The molecule has 1 heterocycles. The maximum atomic E-state index is 13.4. The summed E-state index contributed by atoms with van der Waals surface area (Å²) in [4.78, 5) is 18.1. The minimum absolute atomic E-state index is 0.0489. The van der Waals surface area contributed by atoms with Crippen molar-refractivity contribution in [3.63, 3.8) is 0 Å². The van der Waals surface area contributed by atoms with Gasteiger partial charge in [0.25, 0.3) is 5.56 Å². The highest BCUT2D eigenvalue weighted by molar-refractivity contribution is 9.10. The average molecular weight is 634 g/mol. The molecule has 186 valence electrons. The molecule has 1 aromatic heterocycles. The number of rotatable bonds is 8. The molecule has 36 heavy (non-hydrogen) atoms. The third-order valence-electron chi connectivity index (χ3n) is 5.76. The van der Waals surface area contributed by atoms with E-state index in [0.717, 1.165) is 22.0 Å². The molecule has 0 saturated carbocycles. The third kappa shape index (κ3) is 5.82. The first kappa shape index (κ1) is 26.4. The van der Waals surface area contributed by atoms with E-state index in [2.05, 4.69) is 43.9 Å². The van der Waals surface area contributed by atoms with Gasteiger partial charge in [-0.3, -0.25) is 4.79 Å². The van der Waals surface area contributed by atoms with Crippen LogP contribution in [0.15, 0.2) is 73.4 Å². The van der Waals surface area contributed by atoms with Gasteiger partial charge in [-0.15, -0.1) is 0 Å². The lowest BCUT2D eigenvalue weighted by Crippen LogP contribution is -2.23. The van der Waals surface area contributed by atoms with Crippen LogP contribution in [0.5, 0.6) is 11.5 Å². The van der Waals surface area contributed by atoms with E-state index in [0.29, 0.717) is 44.3 Å². The van der Waals surface area contributed by atoms with Gasteiger partial charge in [-0.2, -0.15) is 9.78 Å². The number of aromatic nitrogens is 2. The number of hydrogen-bond donors (Lipinski definition) is 0. The van der Waals surface area contributed by atoms with Crippen LogP contribution < -0.4 is 15.0 Å². The second-order valence-electron chi connectivity index (χ2n) is 8.25. The summed E-state index contributed by atoms with van der Waals surface area (Å²) in [6.07, 6.45) is 2.44. The molecule has 3 aromatic carbocycles. The zero-order valence-electron chi connectivity index (χ0n) is 20.0. The summed E-state index contributed by atoms with van der Waals surface area (Å²) in [6.45, 7) is 4.44. The van der Waals surface area contributed by atoms with Crippen LogP contribution in [0.4, 0.5) is 0 Å². The Hall–Kier alpha value is -2.68. The largest absolute Gasteiger partial charge is 0.493 e. The van der Waals surface area contributed by atoms with E-state index >= 15 is 0 Å². The predicted molar refractivity (Wildman–Crippen MR) is 152 cm³/mol. The van der Waals surface area contributed by atoms with Gasteiger partial charge in [-0.25, -0.2) is 4.98 Å².